The van der Waals surface area contributed by atoms with Crippen LogP contribution in [0.25, 0.3) is 0 Å². The Balaban J connectivity index is 1.18. The number of carbonyl (C=O) groups excluding carboxylic acids is 2. The number of piperidine rings is 1. The molecule has 5 heteroatoms. The summed E-state index contributed by atoms with van der Waals surface area (Å²) in [4.78, 5) is 26.6. The van der Waals surface area contributed by atoms with E-state index in [9.17, 15) is 9.59 Å². The minimum absolute atomic E-state index is 0.0528. The number of para-hydroxylation sites is 1. The van der Waals surface area contributed by atoms with Crippen molar-refractivity contribution in [2.75, 3.05) is 18.4 Å². The van der Waals surface area contributed by atoms with Gasteiger partial charge in [-0.2, -0.15) is 0 Å². The summed E-state index contributed by atoms with van der Waals surface area (Å²) in [7, 11) is 0. The fraction of sp³-hybridized carbons (Fsp3) is 0.619. The average molecular weight is 355 g/mol. The molecule has 3 amide bonds. The Morgan fingerprint density at radius 1 is 1.00 bits per heavy atom. The zero-order valence-corrected chi connectivity index (χ0v) is 15.3. The predicted molar refractivity (Wildman–Crippen MR) is 102 cm³/mol. The second-order valence-electron chi connectivity index (χ2n) is 8.26. The van der Waals surface area contributed by atoms with Gasteiger partial charge in [0.1, 0.15) is 0 Å². The van der Waals surface area contributed by atoms with Crippen molar-refractivity contribution in [3.8, 4) is 0 Å². The summed E-state index contributed by atoms with van der Waals surface area (Å²) in [6, 6.07) is 9.69. The van der Waals surface area contributed by atoms with Crippen molar-refractivity contribution in [1.82, 2.24) is 10.2 Å². The van der Waals surface area contributed by atoms with Crippen LogP contribution in [-0.4, -0.2) is 36.0 Å². The molecule has 3 fully saturated rings. The molecule has 2 N–H and O–H groups in total. The van der Waals surface area contributed by atoms with Gasteiger partial charge in [0.05, 0.1) is 0 Å². The maximum atomic E-state index is 12.4. The van der Waals surface area contributed by atoms with E-state index < -0.39 is 0 Å². The van der Waals surface area contributed by atoms with Crippen LogP contribution in [0.2, 0.25) is 0 Å². The van der Waals surface area contributed by atoms with E-state index in [1.54, 1.807) is 0 Å². The third kappa shape index (κ3) is 4.02. The van der Waals surface area contributed by atoms with Gasteiger partial charge in [-0.15, -0.1) is 0 Å². The van der Waals surface area contributed by atoms with Crippen molar-refractivity contribution < 1.29 is 9.59 Å². The third-order valence-corrected chi connectivity index (χ3v) is 6.50. The second-order valence-corrected chi connectivity index (χ2v) is 8.26. The zero-order chi connectivity index (χ0) is 17.9. The molecule has 140 valence electrons. The predicted octanol–water partition coefficient (Wildman–Crippen LogP) is 3.63. The lowest BCUT2D eigenvalue weighted by Crippen LogP contribution is -2.48. The number of fused-ring (bicyclic) bond motifs is 2. The number of carbonyl (C=O) groups is 2. The summed E-state index contributed by atoms with van der Waals surface area (Å²) < 4.78 is 0. The van der Waals surface area contributed by atoms with Crippen LogP contribution in [-0.2, 0) is 4.79 Å². The van der Waals surface area contributed by atoms with Crippen LogP contribution in [0.1, 0.15) is 44.9 Å². The van der Waals surface area contributed by atoms with Gasteiger partial charge in [-0.3, -0.25) is 4.79 Å². The van der Waals surface area contributed by atoms with E-state index in [0.717, 1.165) is 30.4 Å². The number of likely N-dealkylation sites (tertiary alicyclic amines) is 1. The fourth-order valence-corrected chi connectivity index (χ4v) is 5.10. The van der Waals surface area contributed by atoms with Crippen LogP contribution in [0.5, 0.6) is 0 Å². The molecule has 0 unspecified atom stereocenters. The Hall–Kier alpha value is -2.04. The smallest absolute Gasteiger partial charge is 0.321 e. The molecule has 1 heterocycles. The molecule has 26 heavy (non-hydrogen) atoms. The van der Waals surface area contributed by atoms with Crippen LogP contribution in [0.4, 0.5) is 10.5 Å². The lowest BCUT2D eigenvalue weighted by molar-refractivity contribution is -0.123. The van der Waals surface area contributed by atoms with Crippen molar-refractivity contribution in [3.63, 3.8) is 0 Å². The molecule has 1 saturated heterocycles. The van der Waals surface area contributed by atoms with Gasteiger partial charge in [0, 0.05) is 31.2 Å². The van der Waals surface area contributed by atoms with Gasteiger partial charge < -0.3 is 15.5 Å². The van der Waals surface area contributed by atoms with E-state index >= 15 is 0 Å². The van der Waals surface area contributed by atoms with Crippen LogP contribution in [0.3, 0.4) is 0 Å². The van der Waals surface area contributed by atoms with Crippen LogP contribution in [0, 0.1) is 17.8 Å². The van der Waals surface area contributed by atoms with Gasteiger partial charge in [-0.25, -0.2) is 4.79 Å². The normalized spacial score (nSPS) is 28.2. The van der Waals surface area contributed by atoms with Gasteiger partial charge in [0.25, 0.3) is 0 Å². The first-order valence-corrected chi connectivity index (χ1v) is 10.1. The van der Waals surface area contributed by atoms with Gasteiger partial charge in [0.2, 0.25) is 5.91 Å². The molecule has 3 aliphatic rings. The van der Waals surface area contributed by atoms with E-state index in [2.05, 4.69) is 10.6 Å². The van der Waals surface area contributed by atoms with Crippen molar-refractivity contribution in [3.05, 3.63) is 30.3 Å². The fourth-order valence-electron chi connectivity index (χ4n) is 5.10. The SMILES string of the molecule is O=C(C[C@H]1C[C@H]2CC[C@H]1C2)NC1CCN(C(=O)Nc2ccccc2)CC1. The molecule has 0 radical (unpaired) electrons. The Morgan fingerprint density at radius 3 is 2.42 bits per heavy atom. The summed E-state index contributed by atoms with van der Waals surface area (Å²) in [5, 5.41) is 6.15. The number of benzene rings is 1. The van der Waals surface area contributed by atoms with Gasteiger partial charge in [-0.1, -0.05) is 24.6 Å². The molecule has 3 atom stereocenters. The molecule has 2 aliphatic carbocycles. The number of hydrogen-bond donors (Lipinski definition) is 2. The Morgan fingerprint density at radius 2 is 1.77 bits per heavy atom. The Kier molecular flexibility index (Phi) is 5.14. The number of anilines is 1. The van der Waals surface area contributed by atoms with E-state index in [1.165, 1.54) is 25.7 Å². The average Bonchev–Trinajstić information content (AvgIpc) is 3.26. The molecular formula is C21H29N3O2. The summed E-state index contributed by atoms with van der Waals surface area (Å²) in [6.07, 6.45) is 7.71. The van der Waals surface area contributed by atoms with Crippen LogP contribution < -0.4 is 10.6 Å². The summed E-state index contributed by atoms with van der Waals surface area (Å²) in [5.41, 5.74) is 0.818. The van der Waals surface area contributed by atoms with Crippen LogP contribution in [0.15, 0.2) is 30.3 Å². The van der Waals surface area contributed by atoms with E-state index in [0.29, 0.717) is 25.4 Å². The standard InChI is InChI=1S/C21H29N3O2/c25-20(14-17-13-15-6-7-16(17)12-15)22-19-8-10-24(11-9-19)21(26)23-18-4-2-1-3-5-18/h1-5,15-17,19H,6-14H2,(H,22,25)(H,23,26)/t15-,16-,17+/m0/s1. The summed E-state index contributed by atoms with van der Waals surface area (Å²) in [5.74, 6) is 2.53. The van der Waals surface area contributed by atoms with Crippen molar-refractivity contribution in [2.24, 2.45) is 17.8 Å². The Bertz CT molecular complexity index is 640. The van der Waals surface area contributed by atoms with E-state index in [1.807, 2.05) is 35.2 Å². The molecule has 4 rings (SSSR count). The van der Waals surface area contributed by atoms with E-state index in [4.69, 9.17) is 0 Å². The second kappa shape index (κ2) is 7.68. The third-order valence-electron chi connectivity index (χ3n) is 6.50. The first-order valence-electron chi connectivity index (χ1n) is 10.1. The molecule has 0 spiro atoms. The highest BCUT2D eigenvalue weighted by molar-refractivity contribution is 5.89. The van der Waals surface area contributed by atoms with E-state index in [-0.39, 0.29) is 18.0 Å². The first-order chi connectivity index (χ1) is 12.7. The van der Waals surface area contributed by atoms with Crippen molar-refractivity contribution in [2.45, 2.75) is 51.0 Å². The monoisotopic (exact) mass is 355 g/mol. The lowest BCUT2D eigenvalue weighted by Gasteiger charge is -2.33. The number of amides is 3. The number of rotatable bonds is 4. The maximum Gasteiger partial charge on any atom is 0.321 e. The molecule has 1 aromatic carbocycles. The maximum absolute atomic E-state index is 12.4. The topological polar surface area (TPSA) is 61.4 Å². The summed E-state index contributed by atoms with van der Waals surface area (Å²) in [6.45, 7) is 1.38. The highest BCUT2D eigenvalue weighted by Gasteiger charge is 2.40. The number of nitrogens with zero attached hydrogens (tertiary/aromatic N) is 1. The zero-order valence-electron chi connectivity index (χ0n) is 15.3. The number of hydrogen-bond acceptors (Lipinski definition) is 2. The molecule has 5 nitrogen and oxygen atoms in total. The highest BCUT2D eigenvalue weighted by Crippen LogP contribution is 2.49. The highest BCUT2D eigenvalue weighted by atomic mass is 16.2. The molecule has 1 aromatic rings. The molecule has 0 aromatic heterocycles. The number of nitrogens with one attached hydrogen (secondary N) is 2. The molecular weight excluding hydrogens is 326 g/mol. The van der Waals surface area contributed by atoms with Crippen molar-refractivity contribution in [1.29, 1.82) is 0 Å². The minimum atomic E-state index is -0.0528. The number of urea groups is 1. The van der Waals surface area contributed by atoms with Gasteiger partial charge in [0.15, 0.2) is 0 Å². The summed E-state index contributed by atoms with van der Waals surface area (Å²) >= 11 is 0. The molecule has 1 aliphatic heterocycles. The quantitative estimate of drug-likeness (QED) is 0.866. The lowest BCUT2D eigenvalue weighted by atomic mass is 9.86. The van der Waals surface area contributed by atoms with Crippen LogP contribution >= 0.6 is 0 Å². The Labute approximate surface area is 155 Å². The molecule has 2 bridgehead atoms. The largest absolute Gasteiger partial charge is 0.353 e. The first kappa shape index (κ1) is 17.4. The molecule has 2 saturated carbocycles. The van der Waals surface area contributed by atoms with Gasteiger partial charge in [-0.05, 0) is 62.0 Å². The van der Waals surface area contributed by atoms with Crippen molar-refractivity contribution >= 4 is 17.6 Å². The van der Waals surface area contributed by atoms with Gasteiger partial charge >= 0.3 is 6.03 Å². The minimum Gasteiger partial charge on any atom is -0.353 e.